The second kappa shape index (κ2) is 12.0. The molecule has 12 rings (SSSR count). The van der Waals surface area contributed by atoms with E-state index in [1.807, 2.05) is 0 Å². The standard InChI is InChI=1S/C56H39N/c1-35-31-49-44-23-10-4-16-38(44)32-50(49)55(36(35)2)57(53-27-12-11-24-48(53)45-25-13-19-37-15-3-7-20-41(37)45)54-29-28-47-43-22-9-6-18-40(43)34-52(47)56(54)30-14-26-46-42-21-8-5-17-39(42)33-51(46)56/h3-31,33-34H,32H2,1-2H3. The monoisotopic (exact) mass is 725 g/mol. The number of para-hydroxylation sites is 1. The topological polar surface area (TPSA) is 3.24 Å². The third kappa shape index (κ3) is 4.46. The quantitative estimate of drug-likeness (QED) is 0.175. The molecule has 5 aliphatic carbocycles. The van der Waals surface area contributed by atoms with Crippen molar-refractivity contribution in [3.05, 3.63) is 237 Å². The van der Waals surface area contributed by atoms with Crippen molar-refractivity contribution in [1.29, 1.82) is 0 Å². The van der Waals surface area contributed by atoms with Crippen molar-refractivity contribution >= 4 is 45.4 Å². The average Bonchev–Trinajstić information content (AvgIpc) is 3.95. The van der Waals surface area contributed by atoms with E-state index in [9.17, 15) is 0 Å². The number of anilines is 2. The average molecular weight is 726 g/mol. The fourth-order valence-corrected chi connectivity index (χ4v) is 10.6. The van der Waals surface area contributed by atoms with Gasteiger partial charge in [-0.1, -0.05) is 164 Å². The Morgan fingerprint density at radius 3 is 1.93 bits per heavy atom. The molecule has 0 fully saturated rings. The van der Waals surface area contributed by atoms with Gasteiger partial charge in [-0.15, -0.1) is 0 Å². The van der Waals surface area contributed by atoms with Gasteiger partial charge in [0.1, 0.15) is 0 Å². The first-order valence-electron chi connectivity index (χ1n) is 20.1. The van der Waals surface area contributed by atoms with Crippen LogP contribution in [-0.2, 0) is 6.42 Å². The number of fused-ring (bicyclic) bond motifs is 12. The summed E-state index contributed by atoms with van der Waals surface area (Å²) < 4.78 is 0. The lowest BCUT2D eigenvalue weighted by Gasteiger charge is -2.47. The van der Waals surface area contributed by atoms with Gasteiger partial charge in [0, 0.05) is 17.7 Å². The predicted molar refractivity (Wildman–Crippen MR) is 240 cm³/mol. The summed E-state index contributed by atoms with van der Waals surface area (Å²) >= 11 is 0. The second-order valence-corrected chi connectivity index (χ2v) is 16.1. The summed E-state index contributed by atoms with van der Waals surface area (Å²) in [5.41, 5.74) is 24.1. The molecule has 1 unspecified atom stereocenters. The number of aryl methyl sites for hydroxylation is 1. The first-order valence-corrected chi connectivity index (χ1v) is 20.1. The molecule has 0 heterocycles. The van der Waals surface area contributed by atoms with Crippen molar-refractivity contribution in [2.45, 2.75) is 20.3 Å². The Hall–Kier alpha value is -6.96. The first kappa shape index (κ1) is 32.3. The van der Waals surface area contributed by atoms with Crippen LogP contribution in [0.15, 0.2) is 193 Å². The van der Waals surface area contributed by atoms with Gasteiger partial charge in [-0.2, -0.15) is 0 Å². The highest BCUT2D eigenvalue weighted by Gasteiger charge is 2.51. The first-order chi connectivity index (χ1) is 28.1. The van der Waals surface area contributed by atoms with Crippen LogP contribution in [-0.4, -0.2) is 0 Å². The Morgan fingerprint density at radius 2 is 1.14 bits per heavy atom. The van der Waals surface area contributed by atoms with E-state index >= 15 is 0 Å². The molecule has 7 aromatic rings. The fourth-order valence-electron chi connectivity index (χ4n) is 10.6. The highest BCUT2D eigenvalue weighted by molar-refractivity contribution is 6.08. The highest BCUT2D eigenvalue weighted by Crippen LogP contribution is 2.64. The summed E-state index contributed by atoms with van der Waals surface area (Å²) in [6, 6.07) is 54.0. The van der Waals surface area contributed by atoms with Crippen LogP contribution in [0.5, 0.6) is 0 Å². The normalized spacial score (nSPS) is 17.8. The van der Waals surface area contributed by atoms with Crippen LogP contribution in [0.1, 0.15) is 44.5 Å². The van der Waals surface area contributed by atoms with Crippen molar-refractivity contribution < 1.29 is 0 Å². The zero-order valence-corrected chi connectivity index (χ0v) is 32.1. The summed E-state index contributed by atoms with van der Waals surface area (Å²) in [6.07, 6.45) is 17.9. The minimum absolute atomic E-state index is 0.591. The van der Waals surface area contributed by atoms with Gasteiger partial charge in [0.15, 0.2) is 0 Å². The molecule has 1 spiro atoms. The maximum absolute atomic E-state index is 2.69. The summed E-state index contributed by atoms with van der Waals surface area (Å²) in [4.78, 5) is 2.69. The molecule has 1 heteroatoms. The number of hydrogen-bond acceptors (Lipinski definition) is 1. The Labute approximate surface area is 334 Å². The number of nitrogens with zero attached hydrogens (tertiary/aromatic N) is 1. The van der Waals surface area contributed by atoms with E-state index in [2.05, 4.69) is 207 Å². The molecule has 0 N–H and O–H groups in total. The van der Waals surface area contributed by atoms with Gasteiger partial charge in [-0.25, -0.2) is 0 Å². The van der Waals surface area contributed by atoms with Crippen molar-refractivity contribution in [1.82, 2.24) is 0 Å². The molecule has 1 nitrogen and oxygen atoms in total. The zero-order valence-electron chi connectivity index (χ0n) is 32.1. The molecular weight excluding hydrogens is 687 g/mol. The molecule has 0 saturated heterocycles. The van der Waals surface area contributed by atoms with Crippen LogP contribution in [0.25, 0.3) is 56.3 Å². The van der Waals surface area contributed by atoms with E-state index in [1.165, 1.54) is 117 Å². The van der Waals surface area contributed by atoms with Gasteiger partial charge in [0.25, 0.3) is 0 Å². The van der Waals surface area contributed by atoms with Crippen LogP contribution in [0.4, 0.5) is 11.4 Å². The smallest absolute Gasteiger partial charge is 0.0803 e. The Kier molecular flexibility index (Phi) is 6.81. The third-order valence-electron chi connectivity index (χ3n) is 13.2. The van der Waals surface area contributed by atoms with E-state index in [4.69, 9.17) is 0 Å². The fraction of sp³-hybridized carbons (Fsp3) is 0.0714. The van der Waals surface area contributed by atoms with Gasteiger partial charge in [-0.05, 0) is 132 Å². The molecule has 0 saturated carbocycles. The molecule has 268 valence electrons. The van der Waals surface area contributed by atoms with Crippen molar-refractivity contribution in [2.75, 3.05) is 4.90 Å². The molecular formula is C56H39N. The van der Waals surface area contributed by atoms with Gasteiger partial charge < -0.3 is 4.90 Å². The molecule has 0 radical (unpaired) electrons. The molecule has 5 aliphatic rings. The minimum Gasteiger partial charge on any atom is -0.311 e. The predicted octanol–water partition coefficient (Wildman–Crippen LogP) is 14.2. The van der Waals surface area contributed by atoms with E-state index in [0.29, 0.717) is 0 Å². The molecule has 0 aromatic heterocycles. The van der Waals surface area contributed by atoms with Gasteiger partial charge in [0.2, 0.25) is 0 Å². The Morgan fingerprint density at radius 1 is 0.526 bits per heavy atom. The number of benzene rings is 7. The molecule has 1 atom stereocenters. The summed E-state index contributed by atoms with van der Waals surface area (Å²) in [6.45, 7) is 4.64. The van der Waals surface area contributed by atoms with Gasteiger partial charge in [0.05, 0.1) is 16.8 Å². The van der Waals surface area contributed by atoms with E-state index in [-0.39, 0.29) is 0 Å². The van der Waals surface area contributed by atoms with Crippen molar-refractivity contribution in [3.63, 3.8) is 0 Å². The summed E-state index contributed by atoms with van der Waals surface area (Å²) in [5.74, 6) is 0. The van der Waals surface area contributed by atoms with E-state index in [0.717, 1.165) is 6.42 Å². The van der Waals surface area contributed by atoms with E-state index < -0.39 is 5.41 Å². The Balaban J connectivity index is 1.21. The number of hydrogen-bond donors (Lipinski definition) is 0. The summed E-state index contributed by atoms with van der Waals surface area (Å²) in [5, 5.41) is 2.50. The van der Waals surface area contributed by atoms with Crippen molar-refractivity contribution in [2.24, 2.45) is 5.41 Å². The van der Waals surface area contributed by atoms with Crippen LogP contribution in [0.3, 0.4) is 0 Å². The molecule has 0 aliphatic heterocycles. The lowest BCUT2D eigenvalue weighted by atomic mass is 9.63. The minimum atomic E-state index is -0.591. The Bertz CT molecular complexity index is 3090. The van der Waals surface area contributed by atoms with Crippen LogP contribution in [0.2, 0.25) is 0 Å². The SMILES string of the molecule is Cc1cc2c(c(N(C3=CC=C4C(=Cc5ccccc54)C34C=CC=C3C4=Cc4ccccc43)c3ccccc3-c3cccc4ccccc34)c1C)Cc1ccccc1-2. The maximum Gasteiger partial charge on any atom is 0.0803 e. The lowest BCUT2D eigenvalue weighted by molar-refractivity contribution is 0.676. The summed E-state index contributed by atoms with van der Waals surface area (Å²) in [7, 11) is 0. The van der Waals surface area contributed by atoms with Crippen LogP contribution in [0, 0.1) is 19.3 Å². The lowest BCUT2D eigenvalue weighted by Crippen LogP contribution is -2.38. The van der Waals surface area contributed by atoms with Gasteiger partial charge >= 0.3 is 0 Å². The maximum atomic E-state index is 2.69. The van der Waals surface area contributed by atoms with Crippen LogP contribution < -0.4 is 4.90 Å². The van der Waals surface area contributed by atoms with Crippen molar-refractivity contribution in [3.8, 4) is 22.3 Å². The van der Waals surface area contributed by atoms with Crippen LogP contribution >= 0.6 is 0 Å². The number of rotatable bonds is 4. The molecule has 0 bridgehead atoms. The number of allylic oxidation sites excluding steroid dienone is 7. The zero-order chi connectivity index (χ0) is 37.8. The van der Waals surface area contributed by atoms with Gasteiger partial charge in [-0.3, -0.25) is 0 Å². The molecule has 0 amide bonds. The third-order valence-corrected chi connectivity index (χ3v) is 13.2. The second-order valence-electron chi connectivity index (χ2n) is 16.1. The van der Waals surface area contributed by atoms with E-state index in [1.54, 1.807) is 0 Å². The highest BCUT2D eigenvalue weighted by atomic mass is 15.2. The largest absolute Gasteiger partial charge is 0.311 e. The molecule has 57 heavy (non-hydrogen) atoms. The molecule has 7 aromatic carbocycles.